The van der Waals surface area contributed by atoms with Crippen molar-refractivity contribution in [2.24, 2.45) is 11.7 Å². The fourth-order valence-corrected chi connectivity index (χ4v) is 4.50. The average molecular weight is 280 g/mol. The van der Waals surface area contributed by atoms with Gasteiger partial charge >= 0.3 is 0 Å². The predicted octanol–water partition coefficient (Wildman–Crippen LogP) is 1.98. The molecule has 3 rings (SSSR count). The van der Waals surface area contributed by atoms with Gasteiger partial charge in [-0.3, -0.25) is 4.79 Å². The van der Waals surface area contributed by atoms with Crippen molar-refractivity contribution in [1.82, 2.24) is 4.37 Å². The van der Waals surface area contributed by atoms with E-state index in [0.717, 1.165) is 17.5 Å². The van der Waals surface area contributed by atoms with Crippen molar-refractivity contribution >= 4 is 28.3 Å². The largest absolute Gasteiger partial charge is 0.382 e. The van der Waals surface area contributed by atoms with Gasteiger partial charge < -0.3 is 16.4 Å². The number of nitrogen functional groups attached to an aromatic ring is 1. The summed E-state index contributed by atoms with van der Waals surface area (Å²) in [6.07, 6.45) is 7.61. The fraction of sp³-hybridized carbons (Fsp3) is 0.692. The van der Waals surface area contributed by atoms with Crippen molar-refractivity contribution in [3.63, 3.8) is 0 Å². The zero-order valence-electron chi connectivity index (χ0n) is 11.0. The molecule has 1 saturated heterocycles. The Bertz CT molecular complexity index is 485. The highest BCUT2D eigenvalue weighted by molar-refractivity contribution is 7.11. The standard InChI is InChI=1S/C13H20N4OS/c14-11-10(12(15)18)13(19-16-11)17-7-3-5-8-4-1-2-6-9(8)17/h8-9H,1-7H2,(H2,14,16)(H2,15,18). The van der Waals surface area contributed by atoms with E-state index in [0.29, 0.717) is 11.6 Å². The number of rotatable bonds is 2. The summed E-state index contributed by atoms with van der Waals surface area (Å²) in [4.78, 5) is 13.9. The van der Waals surface area contributed by atoms with Crippen LogP contribution in [-0.4, -0.2) is 22.9 Å². The molecule has 1 saturated carbocycles. The minimum atomic E-state index is -0.459. The highest BCUT2D eigenvalue weighted by atomic mass is 32.1. The van der Waals surface area contributed by atoms with Crippen molar-refractivity contribution in [2.45, 2.75) is 44.6 Å². The van der Waals surface area contributed by atoms with Crippen molar-refractivity contribution in [2.75, 3.05) is 17.2 Å². The van der Waals surface area contributed by atoms with Crippen LogP contribution in [0.4, 0.5) is 10.8 Å². The minimum Gasteiger partial charge on any atom is -0.382 e. The van der Waals surface area contributed by atoms with Gasteiger partial charge in [-0.15, -0.1) is 0 Å². The van der Waals surface area contributed by atoms with Gasteiger partial charge in [0.05, 0.1) is 0 Å². The Morgan fingerprint density at radius 1 is 1.26 bits per heavy atom. The number of hydrogen-bond acceptors (Lipinski definition) is 5. The lowest BCUT2D eigenvalue weighted by Crippen LogP contribution is -2.47. The van der Waals surface area contributed by atoms with E-state index in [-0.39, 0.29) is 5.82 Å². The highest BCUT2D eigenvalue weighted by Gasteiger charge is 2.36. The maximum atomic E-state index is 11.6. The van der Waals surface area contributed by atoms with Crippen LogP contribution in [0.15, 0.2) is 0 Å². The molecule has 104 valence electrons. The van der Waals surface area contributed by atoms with Gasteiger partial charge in [0, 0.05) is 12.6 Å². The molecule has 1 aromatic heterocycles. The van der Waals surface area contributed by atoms with Crippen LogP contribution in [0.3, 0.4) is 0 Å². The second kappa shape index (κ2) is 5.00. The SMILES string of the molecule is NC(=O)c1c(N)nsc1N1CCCC2CCCCC21. The molecular weight excluding hydrogens is 260 g/mol. The lowest BCUT2D eigenvalue weighted by Gasteiger charge is -2.44. The Balaban J connectivity index is 1.94. The van der Waals surface area contributed by atoms with Gasteiger partial charge in [-0.2, -0.15) is 4.37 Å². The molecule has 1 aliphatic heterocycles. The van der Waals surface area contributed by atoms with Gasteiger partial charge in [-0.1, -0.05) is 12.8 Å². The maximum absolute atomic E-state index is 11.6. The van der Waals surface area contributed by atoms with Crippen LogP contribution in [0.1, 0.15) is 48.9 Å². The van der Waals surface area contributed by atoms with Crippen molar-refractivity contribution in [3.8, 4) is 0 Å². The number of piperidine rings is 1. The number of carbonyl (C=O) groups excluding carboxylic acids is 1. The predicted molar refractivity (Wildman–Crippen MR) is 77.4 cm³/mol. The quantitative estimate of drug-likeness (QED) is 0.867. The normalized spacial score (nSPS) is 27.1. The number of carbonyl (C=O) groups is 1. The van der Waals surface area contributed by atoms with E-state index in [2.05, 4.69) is 9.27 Å². The summed E-state index contributed by atoms with van der Waals surface area (Å²) in [5.74, 6) is 0.580. The average Bonchev–Trinajstić information content (AvgIpc) is 2.80. The van der Waals surface area contributed by atoms with Gasteiger partial charge in [0.25, 0.3) is 5.91 Å². The molecule has 1 amide bonds. The van der Waals surface area contributed by atoms with Crippen LogP contribution < -0.4 is 16.4 Å². The third kappa shape index (κ3) is 2.18. The van der Waals surface area contributed by atoms with Gasteiger partial charge in [-0.25, -0.2) is 0 Å². The molecule has 19 heavy (non-hydrogen) atoms. The summed E-state index contributed by atoms with van der Waals surface area (Å²) in [6.45, 7) is 0.989. The minimum absolute atomic E-state index is 0.283. The lowest BCUT2D eigenvalue weighted by atomic mass is 9.78. The molecule has 1 aliphatic carbocycles. The van der Waals surface area contributed by atoms with E-state index >= 15 is 0 Å². The zero-order valence-corrected chi connectivity index (χ0v) is 11.8. The summed E-state index contributed by atoms with van der Waals surface area (Å²) in [5.41, 5.74) is 11.7. The molecule has 2 heterocycles. The molecule has 0 aromatic carbocycles. The van der Waals surface area contributed by atoms with Crippen molar-refractivity contribution in [3.05, 3.63) is 5.56 Å². The van der Waals surface area contributed by atoms with Gasteiger partial charge in [0.15, 0.2) is 5.82 Å². The second-order valence-corrected chi connectivity index (χ2v) is 6.31. The van der Waals surface area contributed by atoms with E-state index in [1.54, 1.807) is 0 Å². The van der Waals surface area contributed by atoms with E-state index in [1.807, 2.05) is 0 Å². The Morgan fingerprint density at radius 2 is 2.00 bits per heavy atom. The molecule has 2 atom stereocenters. The molecule has 0 bridgehead atoms. The van der Waals surface area contributed by atoms with Crippen LogP contribution in [-0.2, 0) is 0 Å². The Kier molecular flexibility index (Phi) is 3.35. The van der Waals surface area contributed by atoms with Crippen LogP contribution in [0, 0.1) is 5.92 Å². The highest BCUT2D eigenvalue weighted by Crippen LogP contribution is 2.41. The molecule has 0 spiro atoms. The van der Waals surface area contributed by atoms with E-state index in [9.17, 15) is 4.79 Å². The first-order valence-electron chi connectivity index (χ1n) is 7.00. The number of anilines is 2. The molecule has 5 nitrogen and oxygen atoms in total. The molecule has 2 fully saturated rings. The molecule has 1 aromatic rings. The molecule has 6 heteroatoms. The molecule has 0 radical (unpaired) electrons. The molecule has 4 N–H and O–H groups in total. The van der Waals surface area contributed by atoms with Gasteiger partial charge in [0.2, 0.25) is 0 Å². The van der Waals surface area contributed by atoms with Crippen LogP contribution in [0.2, 0.25) is 0 Å². The van der Waals surface area contributed by atoms with Gasteiger partial charge in [0.1, 0.15) is 10.6 Å². The molecule has 2 aliphatic rings. The Labute approximate surface area is 117 Å². The Morgan fingerprint density at radius 3 is 2.79 bits per heavy atom. The van der Waals surface area contributed by atoms with E-state index in [4.69, 9.17) is 11.5 Å². The van der Waals surface area contributed by atoms with E-state index < -0.39 is 5.91 Å². The summed E-state index contributed by atoms with van der Waals surface area (Å²) < 4.78 is 4.13. The number of aromatic nitrogens is 1. The number of fused-ring (bicyclic) bond motifs is 1. The van der Waals surface area contributed by atoms with Crippen LogP contribution >= 0.6 is 11.5 Å². The fourth-order valence-electron chi connectivity index (χ4n) is 3.60. The number of amides is 1. The second-order valence-electron chi connectivity index (χ2n) is 5.56. The Hall–Kier alpha value is -1.30. The first-order chi connectivity index (χ1) is 9.18. The summed E-state index contributed by atoms with van der Waals surface area (Å²) in [6, 6.07) is 0.542. The number of hydrogen-bond donors (Lipinski definition) is 2. The number of nitrogens with zero attached hydrogens (tertiary/aromatic N) is 2. The summed E-state index contributed by atoms with van der Waals surface area (Å²) >= 11 is 1.32. The lowest BCUT2D eigenvalue weighted by molar-refractivity contribution is 0.100. The number of nitrogens with two attached hydrogens (primary N) is 2. The third-order valence-electron chi connectivity index (χ3n) is 4.45. The molecule has 2 unspecified atom stereocenters. The topological polar surface area (TPSA) is 85.2 Å². The molecular formula is C13H20N4OS. The third-order valence-corrected chi connectivity index (χ3v) is 5.35. The van der Waals surface area contributed by atoms with E-state index in [1.165, 1.54) is 50.1 Å². The monoisotopic (exact) mass is 280 g/mol. The number of primary amides is 1. The van der Waals surface area contributed by atoms with Crippen molar-refractivity contribution < 1.29 is 4.79 Å². The summed E-state index contributed by atoms with van der Waals surface area (Å²) in [5, 5.41) is 0.890. The first kappa shape index (κ1) is 12.7. The first-order valence-corrected chi connectivity index (χ1v) is 7.77. The summed E-state index contributed by atoms with van der Waals surface area (Å²) in [7, 11) is 0. The van der Waals surface area contributed by atoms with Gasteiger partial charge in [-0.05, 0) is 43.1 Å². The maximum Gasteiger partial charge on any atom is 0.255 e. The zero-order chi connectivity index (χ0) is 13.4. The van der Waals surface area contributed by atoms with Crippen LogP contribution in [0.5, 0.6) is 0 Å². The van der Waals surface area contributed by atoms with Crippen LogP contribution in [0.25, 0.3) is 0 Å². The smallest absolute Gasteiger partial charge is 0.255 e. The van der Waals surface area contributed by atoms with Crippen molar-refractivity contribution in [1.29, 1.82) is 0 Å².